The molecule has 2 rings (SSSR count). The molecule has 148 valence electrons. The van der Waals surface area contributed by atoms with E-state index in [1.807, 2.05) is 32.0 Å². The Hall–Kier alpha value is -2.02. The lowest BCUT2D eigenvalue weighted by molar-refractivity contribution is -0.137. The quantitative estimate of drug-likeness (QED) is 0.273. The van der Waals surface area contributed by atoms with Crippen LogP contribution in [0.4, 0.5) is 0 Å². The van der Waals surface area contributed by atoms with Crippen molar-refractivity contribution in [3.8, 4) is 5.75 Å². The van der Waals surface area contributed by atoms with E-state index < -0.39 is 5.97 Å². The van der Waals surface area contributed by atoms with Crippen molar-refractivity contribution in [1.29, 1.82) is 0 Å². The van der Waals surface area contributed by atoms with Crippen LogP contribution in [-0.4, -0.2) is 34.0 Å². The third kappa shape index (κ3) is 7.62. The zero-order chi connectivity index (χ0) is 19.9. The second kappa shape index (κ2) is 9.78. The molecule has 0 atom stereocenters. The molecule has 1 aliphatic carbocycles. The van der Waals surface area contributed by atoms with Gasteiger partial charge in [0.15, 0.2) is 0 Å². The van der Waals surface area contributed by atoms with Crippen LogP contribution in [-0.2, 0) is 16.0 Å². The maximum absolute atomic E-state index is 12.0. The number of thiol groups is 1. The molecule has 1 aromatic rings. The highest BCUT2D eigenvalue weighted by atomic mass is 32.1. The molecule has 2 N–H and O–H groups in total. The second-order valence-electron chi connectivity index (χ2n) is 7.45. The summed E-state index contributed by atoms with van der Waals surface area (Å²) < 4.78 is 5.29. The molecule has 0 aliphatic heterocycles. The van der Waals surface area contributed by atoms with Gasteiger partial charge in [-0.05, 0) is 55.9 Å². The van der Waals surface area contributed by atoms with Crippen molar-refractivity contribution in [3.63, 3.8) is 0 Å². The number of carboxylic acids is 1. The van der Waals surface area contributed by atoms with Crippen LogP contribution in [0.15, 0.2) is 23.3 Å². The molecule has 1 amide bonds. The highest BCUT2D eigenvalue weighted by Gasteiger charge is 2.18. The van der Waals surface area contributed by atoms with Crippen molar-refractivity contribution in [2.24, 2.45) is 5.10 Å². The minimum Gasteiger partial charge on any atom is -0.494 e. The van der Waals surface area contributed by atoms with Crippen molar-refractivity contribution >= 4 is 30.2 Å². The van der Waals surface area contributed by atoms with Crippen LogP contribution in [0.1, 0.15) is 63.5 Å². The fourth-order valence-corrected chi connectivity index (χ4v) is 3.13. The molecule has 0 saturated carbocycles. The maximum Gasteiger partial charge on any atom is 0.303 e. The van der Waals surface area contributed by atoms with Crippen molar-refractivity contribution < 1.29 is 19.4 Å². The van der Waals surface area contributed by atoms with Gasteiger partial charge in [0.05, 0.1) is 12.3 Å². The number of hydrogen-bond acceptors (Lipinski definition) is 5. The van der Waals surface area contributed by atoms with Crippen LogP contribution in [0.3, 0.4) is 0 Å². The first kappa shape index (κ1) is 21.3. The summed E-state index contributed by atoms with van der Waals surface area (Å²) in [4.78, 5) is 22.6. The number of nitrogens with zero attached hydrogens (tertiary/aromatic N) is 1. The molecule has 6 nitrogen and oxygen atoms in total. The van der Waals surface area contributed by atoms with Gasteiger partial charge < -0.3 is 9.84 Å². The lowest BCUT2D eigenvalue weighted by Gasteiger charge is -2.15. The molecule has 0 heterocycles. The molecule has 0 bridgehead atoms. The van der Waals surface area contributed by atoms with E-state index in [0.717, 1.165) is 48.3 Å². The molecule has 7 heteroatoms. The predicted molar refractivity (Wildman–Crippen MR) is 109 cm³/mol. The van der Waals surface area contributed by atoms with Gasteiger partial charge >= 0.3 is 5.97 Å². The van der Waals surface area contributed by atoms with Crippen LogP contribution in [0.5, 0.6) is 5.75 Å². The molecule has 27 heavy (non-hydrogen) atoms. The number of ether oxygens (including phenoxy) is 1. The second-order valence-corrected chi connectivity index (χ2v) is 8.67. The number of nitrogens with one attached hydrogen (secondary N) is 1. The summed E-state index contributed by atoms with van der Waals surface area (Å²) in [5.74, 6) is -0.224. The van der Waals surface area contributed by atoms with Gasteiger partial charge in [0, 0.05) is 23.2 Å². The molecule has 0 unspecified atom stereocenters. The predicted octanol–water partition coefficient (Wildman–Crippen LogP) is 3.58. The molecular formula is C20H28N2O4S. The summed E-state index contributed by atoms with van der Waals surface area (Å²) in [6.07, 6.45) is 4.68. The van der Waals surface area contributed by atoms with Gasteiger partial charge in [-0.3, -0.25) is 9.59 Å². The van der Waals surface area contributed by atoms with Crippen molar-refractivity contribution in [3.05, 3.63) is 29.3 Å². The number of carbonyl (C=O) groups excluding carboxylic acids is 1. The fourth-order valence-electron chi connectivity index (χ4n) is 2.98. The highest BCUT2D eigenvalue weighted by molar-refractivity contribution is 7.81. The Balaban J connectivity index is 2.05. The number of amides is 1. The number of hydrogen-bond donors (Lipinski definition) is 3. The van der Waals surface area contributed by atoms with Crippen LogP contribution in [0, 0.1) is 0 Å². The lowest BCUT2D eigenvalue weighted by atomic mass is 10.0. The Morgan fingerprint density at radius 1 is 1.30 bits per heavy atom. The Labute approximate surface area is 165 Å². The summed E-state index contributed by atoms with van der Waals surface area (Å²) in [7, 11) is 0. The van der Waals surface area contributed by atoms with Gasteiger partial charge in [-0.25, -0.2) is 5.43 Å². The van der Waals surface area contributed by atoms with E-state index in [1.165, 1.54) is 0 Å². The van der Waals surface area contributed by atoms with Gasteiger partial charge in [-0.15, -0.1) is 0 Å². The molecule has 0 saturated heterocycles. The normalized spacial score (nSPS) is 15.7. The van der Waals surface area contributed by atoms with E-state index in [0.29, 0.717) is 19.4 Å². The molecular weight excluding hydrogens is 364 g/mol. The number of carbonyl (C=O) groups is 2. The summed E-state index contributed by atoms with van der Waals surface area (Å²) in [5, 5.41) is 13.0. The Morgan fingerprint density at radius 2 is 2.04 bits per heavy atom. The average Bonchev–Trinajstić information content (AvgIpc) is 2.77. The van der Waals surface area contributed by atoms with E-state index in [9.17, 15) is 9.59 Å². The number of benzene rings is 1. The fraction of sp³-hybridized carbons (Fsp3) is 0.550. The van der Waals surface area contributed by atoms with E-state index >= 15 is 0 Å². The number of aliphatic carboxylic acids is 1. The molecule has 0 spiro atoms. The van der Waals surface area contributed by atoms with E-state index in [1.54, 1.807) is 0 Å². The smallest absolute Gasteiger partial charge is 0.303 e. The molecule has 0 radical (unpaired) electrons. The molecule has 0 fully saturated rings. The average molecular weight is 393 g/mol. The largest absolute Gasteiger partial charge is 0.494 e. The number of carboxylic acid groups (broad SMARTS) is 1. The lowest BCUT2D eigenvalue weighted by Crippen LogP contribution is -2.27. The SMILES string of the molecule is CC(C)(S)CC(=O)N/N=C1\CCCCc2cc(OCCCC(=O)O)ccc21. The van der Waals surface area contributed by atoms with Gasteiger partial charge in [-0.2, -0.15) is 17.7 Å². The zero-order valence-corrected chi connectivity index (χ0v) is 16.8. The zero-order valence-electron chi connectivity index (χ0n) is 16.0. The van der Waals surface area contributed by atoms with Crippen molar-refractivity contribution in [2.45, 2.75) is 63.5 Å². The third-order valence-corrected chi connectivity index (χ3v) is 4.37. The molecule has 0 aromatic heterocycles. The number of rotatable bonds is 8. The Bertz CT molecular complexity index is 710. The minimum absolute atomic E-state index is 0.102. The Kier molecular flexibility index (Phi) is 7.71. The summed E-state index contributed by atoms with van der Waals surface area (Å²) in [5.41, 5.74) is 5.72. The maximum atomic E-state index is 12.0. The highest BCUT2D eigenvalue weighted by Crippen LogP contribution is 2.25. The van der Waals surface area contributed by atoms with Crippen molar-refractivity contribution in [2.75, 3.05) is 6.61 Å². The van der Waals surface area contributed by atoms with Crippen LogP contribution in [0.25, 0.3) is 0 Å². The molecule has 1 aliphatic rings. The van der Waals surface area contributed by atoms with E-state index in [-0.39, 0.29) is 17.1 Å². The topological polar surface area (TPSA) is 88.0 Å². The number of aryl methyl sites for hydroxylation is 1. The van der Waals surface area contributed by atoms with Crippen molar-refractivity contribution in [1.82, 2.24) is 5.43 Å². The van der Waals surface area contributed by atoms with Gasteiger partial charge in [-0.1, -0.05) is 13.8 Å². The summed E-state index contributed by atoms with van der Waals surface area (Å²) in [6, 6.07) is 5.84. The van der Waals surface area contributed by atoms with Crippen LogP contribution in [0.2, 0.25) is 0 Å². The van der Waals surface area contributed by atoms with E-state index in [4.69, 9.17) is 9.84 Å². The van der Waals surface area contributed by atoms with Gasteiger partial charge in [0.25, 0.3) is 0 Å². The first-order chi connectivity index (χ1) is 12.7. The van der Waals surface area contributed by atoms with Gasteiger partial charge in [0.2, 0.25) is 5.91 Å². The summed E-state index contributed by atoms with van der Waals surface area (Å²) >= 11 is 4.38. The van der Waals surface area contributed by atoms with Gasteiger partial charge in [0.1, 0.15) is 5.75 Å². The van der Waals surface area contributed by atoms with Crippen LogP contribution < -0.4 is 10.2 Å². The summed E-state index contributed by atoms with van der Waals surface area (Å²) in [6.45, 7) is 4.16. The monoisotopic (exact) mass is 392 g/mol. The first-order valence-electron chi connectivity index (χ1n) is 9.30. The number of hydrazone groups is 1. The Morgan fingerprint density at radius 3 is 2.74 bits per heavy atom. The standard InChI is InChI=1S/C20H28N2O4S/c1-20(2,27)13-18(23)22-21-17-7-4-3-6-14-12-15(9-10-16(14)17)26-11-5-8-19(24)25/h9-10,12,27H,3-8,11,13H2,1-2H3,(H,22,23)(H,24,25)/b21-17+. The first-order valence-corrected chi connectivity index (χ1v) is 9.75. The van der Waals surface area contributed by atoms with Crippen LogP contribution >= 0.6 is 12.6 Å². The third-order valence-electron chi connectivity index (χ3n) is 4.21. The minimum atomic E-state index is -0.815. The number of fused-ring (bicyclic) bond motifs is 1. The molecule has 1 aromatic carbocycles. The van der Waals surface area contributed by atoms with E-state index in [2.05, 4.69) is 23.2 Å².